The average molecular weight is 533 g/mol. The van der Waals surface area contributed by atoms with Gasteiger partial charge in [-0.3, -0.25) is 4.98 Å². The van der Waals surface area contributed by atoms with Gasteiger partial charge in [0.15, 0.2) is 0 Å². The highest BCUT2D eigenvalue weighted by atomic mass is 35.5. The van der Waals surface area contributed by atoms with Gasteiger partial charge in [-0.15, -0.1) is 24.8 Å². The number of carboxylic acids is 1. The number of aromatic nitrogens is 1. The van der Waals surface area contributed by atoms with Crippen LogP contribution < -0.4 is 5.73 Å². The van der Waals surface area contributed by atoms with Gasteiger partial charge in [0.2, 0.25) is 0 Å². The number of nitrogens with two attached hydrogens (primary N) is 1. The third-order valence-electron chi connectivity index (χ3n) is 5.83. The van der Waals surface area contributed by atoms with Gasteiger partial charge in [-0.05, 0) is 61.9 Å². The molecule has 0 aliphatic heterocycles. The summed E-state index contributed by atoms with van der Waals surface area (Å²) in [6.45, 7) is 10.1. The number of aryl methyl sites for hydroxylation is 2. The maximum atomic E-state index is 13.5. The molecule has 6 nitrogen and oxygen atoms in total. The summed E-state index contributed by atoms with van der Waals surface area (Å²) in [7, 11) is 0. The largest absolute Gasteiger partial charge is 0.478 e. The number of ether oxygens (including phenoxy) is 1. The number of benzene rings is 2. The van der Waals surface area contributed by atoms with Gasteiger partial charge in [0, 0.05) is 17.8 Å². The lowest BCUT2D eigenvalue weighted by atomic mass is 9.89. The topological polar surface area (TPSA) is 103 Å². The number of hydrogen-bond acceptors (Lipinski definition) is 5. The standard InChI is InChI=1S/C28H32N2O4.2ClH/c1-16(2)14-24-23(15-29)26(21-8-6-17(3)7-9-21)25(18(4)30-24)28(33)34-19(5)20-10-12-22(13-11-20)27(31)32;;/h6-13,16,19H,14-15,29H2,1-5H3,(H,31,32);2*1H. The summed E-state index contributed by atoms with van der Waals surface area (Å²) in [6, 6.07) is 14.3. The van der Waals surface area contributed by atoms with Crippen molar-refractivity contribution in [1.82, 2.24) is 4.98 Å². The molecular formula is C28H34Cl2N2O4. The lowest BCUT2D eigenvalue weighted by Gasteiger charge is -2.22. The van der Waals surface area contributed by atoms with E-state index in [0.717, 1.165) is 34.4 Å². The highest BCUT2D eigenvalue weighted by Gasteiger charge is 2.26. The van der Waals surface area contributed by atoms with Gasteiger partial charge in [-0.1, -0.05) is 55.8 Å². The number of halogens is 2. The van der Waals surface area contributed by atoms with Crippen LogP contribution in [0, 0.1) is 19.8 Å². The molecule has 36 heavy (non-hydrogen) atoms. The van der Waals surface area contributed by atoms with Crippen molar-refractivity contribution in [3.63, 3.8) is 0 Å². The van der Waals surface area contributed by atoms with Crippen molar-refractivity contribution in [2.24, 2.45) is 11.7 Å². The molecule has 0 aliphatic rings. The van der Waals surface area contributed by atoms with Gasteiger partial charge < -0.3 is 15.6 Å². The third-order valence-corrected chi connectivity index (χ3v) is 5.83. The molecule has 0 amide bonds. The first-order valence-corrected chi connectivity index (χ1v) is 11.5. The second-order valence-corrected chi connectivity index (χ2v) is 9.02. The van der Waals surface area contributed by atoms with E-state index in [-0.39, 0.29) is 36.9 Å². The minimum Gasteiger partial charge on any atom is -0.478 e. The number of pyridine rings is 1. The Balaban J connectivity index is 0.00000324. The Hall–Kier alpha value is -2.93. The molecule has 0 radical (unpaired) electrons. The Bertz CT molecular complexity index is 1190. The van der Waals surface area contributed by atoms with Crippen molar-refractivity contribution in [2.75, 3.05) is 0 Å². The number of carboxylic acid groups (broad SMARTS) is 1. The molecule has 1 heterocycles. The molecule has 0 aliphatic carbocycles. The molecular weight excluding hydrogens is 499 g/mol. The van der Waals surface area contributed by atoms with Crippen LogP contribution in [0.25, 0.3) is 11.1 Å². The van der Waals surface area contributed by atoms with Crippen molar-refractivity contribution in [1.29, 1.82) is 0 Å². The van der Waals surface area contributed by atoms with Gasteiger partial charge in [0.1, 0.15) is 6.10 Å². The van der Waals surface area contributed by atoms with Crippen LogP contribution in [0.5, 0.6) is 0 Å². The average Bonchev–Trinajstić information content (AvgIpc) is 2.78. The Morgan fingerprint density at radius 3 is 2.06 bits per heavy atom. The minimum atomic E-state index is -1.00. The van der Waals surface area contributed by atoms with Crippen LogP contribution >= 0.6 is 24.8 Å². The van der Waals surface area contributed by atoms with Crippen LogP contribution in [0.1, 0.15) is 75.7 Å². The van der Waals surface area contributed by atoms with E-state index in [1.807, 2.05) is 38.1 Å². The summed E-state index contributed by atoms with van der Waals surface area (Å²) in [5.74, 6) is -1.10. The molecule has 2 aromatic carbocycles. The molecule has 3 aromatic rings. The lowest BCUT2D eigenvalue weighted by molar-refractivity contribution is 0.0336. The van der Waals surface area contributed by atoms with E-state index in [1.165, 1.54) is 12.1 Å². The van der Waals surface area contributed by atoms with E-state index in [0.29, 0.717) is 22.7 Å². The van der Waals surface area contributed by atoms with E-state index in [4.69, 9.17) is 20.6 Å². The smallest absolute Gasteiger partial charge is 0.341 e. The Morgan fingerprint density at radius 1 is 0.972 bits per heavy atom. The Morgan fingerprint density at radius 2 is 1.56 bits per heavy atom. The normalized spacial score (nSPS) is 11.3. The van der Waals surface area contributed by atoms with E-state index in [2.05, 4.69) is 13.8 Å². The molecule has 3 N–H and O–H groups in total. The zero-order valence-electron chi connectivity index (χ0n) is 21.2. The predicted molar refractivity (Wildman–Crippen MR) is 147 cm³/mol. The summed E-state index contributed by atoms with van der Waals surface area (Å²) < 4.78 is 5.84. The second kappa shape index (κ2) is 13.4. The molecule has 3 rings (SSSR count). The quantitative estimate of drug-likeness (QED) is 0.321. The zero-order valence-corrected chi connectivity index (χ0v) is 22.8. The zero-order chi connectivity index (χ0) is 25.0. The fraction of sp³-hybridized carbons (Fsp3) is 0.321. The number of carbonyl (C=O) groups is 2. The molecule has 1 atom stereocenters. The van der Waals surface area contributed by atoms with E-state index >= 15 is 0 Å². The minimum absolute atomic E-state index is 0. The van der Waals surface area contributed by atoms with Crippen LogP contribution in [-0.4, -0.2) is 22.0 Å². The maximum absolute atomic E-state index is 13.5. The van der Waals surface area contributed by atoms with Crippen molar-refractivity contribution in [2.45, 2.75) is 53.7 Å². The number of aromatic carboxylic acids is 1. The van der Waals surface area contributed by atoms with Crippen LogP contribution in [0.3, 0.4) is 0 Å². The fourth-order valence-corrected chi connectivity index (χ4v) is 4.05. The SMILES string of the molecule is Cc1ccc(-c2c(CN)c(CC(C)C)nc(C)c2C(=O)OC(C)c2ccc(C(=O)O)cc2)cc1.Cl.Cl. The number of rotatable bonds is 8. The molecule has 0 saturated carbocycles. The third kappa shape index (κ3) is 7.06. The molecule has 0 fully saturated rings. The first-order chi connectivity index (χ1) is 16.1. The van der Waals surface area contributed by atoms with E-state index in [9.17, 15) is 9.59 Å². The first-order valence-electron chi connectivity index (χ1n) is 11.5. The monoisotopic (exact) mass is 532 g/mol. The van der Waals surface area contributed by atoms with Crippen molar-refractivity contribution in [3.8, 4) is 11.1 Å². The number of nitrogens with zero attached hydrogens (tertiary/aromatic N) is 1. The molecule has 8 heteroatoms. The van der Waals surface area contributed by atoms with E-state index in [1.54, 1.807) is 19.1 Å². The Labute approximate surface area is 225 Å². The number of carbonyl (C=O) groups excluding carboxylic acids is 1. The van der Waals surface area contributed by atoms with Crippen LogP contribution in [0.4, 0.5) is 0 Å². The van der Waals surface area contributed by atoms with Crippen LogP contribution in [0.15, 0.2) is 48.5 Å². The second-order valence-electron chi connectivity index (χ2n) is 9.02. The van der Waals surface area contributed by atoms with Crippen molar-refractivity contribution in [3.05, 3.63) is 87.7 Å². The molecule has 0 bridgehead atoms. The maximum Gasteiger partial charge on any atom is 0.341 e. The lowest BCUT2D eigenvalue weighted by Crippen LogP contribution is -2.18. The van der Waals surface area contributed by atoms with Crippen LogP contribution in [-0.2, 0) is 17.7 Å². The summed E-state index contributed by atoms with van der Waals surface area (Å²) in [5.41, 5.74) is 12.6. The van der Waals surface area contributed by atoms with Gasteiger partial charge in [-0.2, -0.15) is 0 Å². The highest BCUT2D eigenvalue weighted by Crippen LogP contribution is 2.34. The summed E-state index contributed by atoms with van der Waals surface area (Å²) in [4.78, 5) is 29.4. The fourth-order valence-electron chi connectivity index (χ4n) is 4.05. The van der Waals surface area contributed by atoms with Gasteiger partial charge in [0.25, 0.3) is 0 Å². The van der Waals surface area contributed by atoms with Crippen LogP contribution in [0.2, 0.25) is 0 Å². The van der Waals surface area contributed by atoms with Crippen molar-refractivity contribution < 1.29 is 19.4 Å². The molecule has 1 unspecified atom stereocenters. The molecule has 0 spiro atoms. The van der Waals surface area contributed by atoms with Gasteiger partial charge in [0.05, 0.1) is 16.8 Å². The number of hydrogen-bond donors (Lipinski definition) is 2. The highest BCUT2D eigenvalue weighted by molar-refractivity contribution is 5.99. The predicted octanol–water partition coefficient (Wildman–Crippen LogP) is 6.48. The first kappa shape index (κ1) is 31.1. The number of esters is 1. The Kier molecular flexibility index (Phi) is 11.6. The molecule has 1 aromatic heterocycles. The van der Waals surface area contributed by atoms with Gasteiger partial charge >= 0.3 is 11.9 Å². The van der Waals surface area contributed by atoms with E-state index < -0.39 is 18.0 Å². The van der Waals surface area contributed by atoms with Crippen molar-refractivity contribution >= 4 is 36.8 Å². The summed E-state index contributed by atoms with van der Waals surface area (Å²) in [6.07, 6.45) is 0.186. The summed E-state index contributed by atoms with van der Waals surface area (Å²) >= 11 is 0. The molecule has 194 valence electrons. The van der Waals surface area contributed by atoms with Gasteiger partial charge in [-0.25, -0.2) is 9.59 Å². The summed E-state index contributed by atoms with van der Waals surface area (Å²) in [5, 5.41) is 9.12. The molecule has 0 saturated heterocycles.